The molecule has 0 atom stereocenters. The number of nitriles is 1. The lowest BCUT2D eigenvalue weighted by molar-refractivity contribution is 0.0457. The second kappa shape index (κ2) is 9.83. The van der Waals surface area contributed by atoms with Gasteiger partial charge in [0.25, 0.3) is 5.56 Å². The third-order valence-electron chi connectivity index (χ3n) is 5.23. The lowest BCUT2D eigenvalue weighted by Crippen LogP contribution is -2.16. The molecule has 1 saturated carbocycles. The summed E-state index contributed by atoms with van der Waals surface area (Å²) in [4.78, 5) is 19.2. The molecule has 31 heavy (non-hydrogen) atoms. The van der Waals surface area contributed by atoms with Crippen molar-refractivity contribution in [3.05, 3.63) is 81.6 Å². The van der Waals surface area contributed by atoms with Gasteiger partial charge in [0.15, 0.2) is 0 Å². The molecule has 1 aliphatic rings. The number of hydrogen-bond acceptors (Lipinski definition) is 6. The molecule has 7 nitrogen and oxygen atoms in total. The van der Waals surface area contributed by atoms with E-state index in [1.165, 1.54) is 12.8 Å². The van der Waals surface area contributed by atoms with E-state index in [2.05, 4.69) is 20.5 Å². The molecule has 0 bridgehead atoms. The van der Waals surface area contributed by atoms with Gasteiger partial charge in [0.05, 0.1) is 24.6 Å². The van der Waals surface area contributed by atoms with Gasteiger partial charge in [-0.1, -0.05) is 67.4 Å². The molecule has 0 saturated heterocycles. The third-order valence-corrected chi connectivity index (χ3v) is 5.23. The molecule has 0 radical (unpaired) electrons. The molecule has 3 aromatic rings. The first kappa shape index (κ1) is 20.5. The van der Waals surface area contributed by atoms with Gasteiger partial charge in [0.1, 0.15) is 11.6 Å². The highest BCUT2D eigenvalue weighted by Gasteiger charge is 2.15. The van der Waals surface area contributed by atoms with E-state index in [0.717, 1.165) is 24.0 Å². The third kappa shape index (κ3) is 5.24. The number of ether oxygens (including phenoxy) is 1. The number of nitrogens with zero attached hydrogens (tertiary/aromatic N) is 3. The molecular formula is C24H23N5O2. The average molecular weight is 413 g/mol. The summed E-state index contributed by atoms with van der Waals surface area (Å²) in [6.07, 6.45) is 6.88. The van der Waals surface area contributed by atoms with Crippen molar-refractivity contribution in [2.45, 2.75) is 38.4 Å². The van der Waals surface area contributed by atoms with Gasteiger partial charge in [0.2, 0.25) is 5.95 Å². The van der Waals surface area contributed by atoms with E-state index in [4.69, 9.17) is 4.74 Å². The number of anilines is 1. The quantitative estimate of drug-likeness (QED) is 0.446. The Kier molecular flexibility index (Phi) is 6.50. The van der Waals surface area contributed by atoms with E-state index in [9.17, 15) is 10.1 Å². The van der Waals surface area contributed by atoms with Crippen molar-refractivity contribution in [1.29, 1.82) is 5.26 Å². The second-order valence-electron chi connectivity index (χ2n) is 7.45. The summed E-state index contributed by atoms with van der Waals surface area (Å²) in [5.41, 5.74) is 5.23. The SMILES string of the molecule is N#Cc1c(-c2ccccc2)nc(NN=Cc2ccc(COC3CCCC3)cc2)[nH]c1=O. The summed E-state index contributed by atoms with van der Waals surface area (Å²) >= 11 is 0. The summed E-state index contributed by atoms with van der Waals surface area (Å²) in [6, 6.07) is 19.0. The molecule has 1 aromatic heterocycles. The second-order valence-corrected chi connectivity index (χ2v) is 7.45. The van der Waals surface area contributed by atoms with Crippen LogP contribution in [0.15, 0.2) is 64.5 Å². The predicted octanol–water partition coefficient (Wildman–Crippen LogP) is 4.21. The van der Waals surface area contributed by atoms with E-state index >= 15 is 0 Å². The van der Waals surface area contributed by atoms with Crippen molar-refractivity contribution >= 4 is 12.2 Å². The Bertz CT molecular complexity index is 1140. The fourth-order valence-corrected chi connectivity index (χ4v) is 3.57. The summed E-state index contributed by atoms with van der Waals surface area (Å²) in [5.74, 6) is 0.167. The molecule has 7 heteroatoms. The summed E-state index contributed by atoms with van der Waals surface area (Å²) in [5, 5.41) is 13.5. The van der Waals surface area contributed by atoms with Crippen LogP contribution in [0.5, 0.6) is 0 Å². The van der Waals surface area contributed by atoms with Crippen LogP contribution in [0.3, 0.4) is 0 Å². The van der Waals surface area contributed by atoms with Gasteiger partial charge >= 0.3 is 0 Å². The van der Waals surface area contributed by atoms with Crippen LogP contribution in [0.4, 0.5) is 5.95 Å². The monoisotopic (exact) mass is 413 g/mol. The molecule has 156 valence electrons. The largest absolute Gasteiger partial charge is 0.374 e. The van der Waals surface area contributed by atoms with Gasteiger partial charge in [-0.3, -0.25) is 9.78 Å². The smallest absolute Gasteiger partial charge is 0.270 e. The molecule has 1 heterocycles. The number of hydrogen-bond donors (Lipinski definition) is 2. The number of aromatic amines is 1. The lowest BCUT2D eigenvalue weighted by Gasteiger charge is -2.10. The van der Waals surface area contributed by atoms with E-state index in [1.807, 2.05) is 48.5 Å². The first-order valence-electron chi connectivity index (χ1n) is 10.3. The summed E-state index contributed by atoms with van der Waals surface area (Å²) in [6.45, 7) is 0.624. The number of hydrazone groups is 1. The van der Waals surface area contributed by atoms with Crippen LogP contribution in [0.2, 0.25) is 0 Å². The van der Waals surface area contributed by atoms with Crippen molar-refractivity contribution < 1.29 is 4.74 Å². The van der Waals surface area contributed by atoms with Crippen molar-refractivity contribution in [3.63, 3.8) is 0 Å². The predicted molar refractivity (Wildman–Crippen MR) is 120 cm³/mol. The number of aromatic nitrogens is 2. The zero-order valence-electron chi connectivity index (χ0n) is 17.0. The number of rotatable bonds is 7. The molecule has 0 spiro atoms. The van der Waals surface area contributed by atoms with E-state index < -0.39 is 5.56 Å². The Morgan fingerprint density at radius 1 is 1.16 bits per heavy atom. The van der Waals surface area contributed by atoms with Crippen molar-refractivity contribution in [2.75, 3.05) is 5.43 Å². The molecule has 4 rings (SSSR count). The van der Waals surface area contributed by atoms with Gasteiger partial charge in [-0.15, -0.1) is 0 Å². The highest BCUT2D eigenvalue weighted by atomic mass is 16.5. The Morgan fingerprint density at radius 2 is 1.90 bits per heavy atom. The van der Waals surface area contributed by atoms with Crippen LogP contribution < -0.4 is 11.0 Å². The van der Waals surface area contributed by atoms with Crippen molar-refractivity contribution in [3.8, 4) is 17.3 Å². The fourth-order valence-electron chi connectivity index (χ4n) is 3.57. The molecule has 0 aliphatic heterocycles. The average Bonchev–Trinajstić information content (AvgIpc) is 3.32. The van der Waals surface area contributed by atoms with Crippen LogP contribution in [0.1, 0.15) is 42.4 Å². The van der Waals surface area contributed by atoms with E-state index in [1.54, 1.807) is 18.3 Å². The molecule has 0 unspecified atom stereocenters. The normalized spacial score (nSPS) is 14.0. The van der Waals surface area contributed by atoms with Crippen LogP contribution in [0, 0.1) is 11.3 Å². The maximum Gasteiger partial charge on any atom is 0.270 e. The molecule has 0 amide bonds. The van der Waals surface area contributed by atoms with Gasteiger partial charge in [-0.05, 0) is 24.0 Å². The Labute approximate surface area is 180 Å². The zero-order valence-corrected chi connectivity index (χ0v) is 17.0. The van der Waals surface area contributed by atoms with Gasteiger partial charge in [-0.2, -0.15) is 10.4 Å². The van der Waals surface area contributed by atoms with Gasteiger partial charge < -0.3 is 4.74 Å². The number of benzene rings is 2. The molecular weight excluding hydrogens is 390 g/mol. The number of H-pyrrole nitrogens is 1. The minimum absolute atomic E-state index is 0.0314. The van der Waals surface area contributed by atoms with E-state index in [-0.39, 0.29) is 11.5 Å². The Hall–Kier alpha value is -3.76. The minimum Gasteiger partial charge on any atom is -0.374 e. The molecule has 2 aromatic carbocycles. The highest BCUT2D eigenvalue weighted by molar-refractivity contribution is 5.80. The maximum atomic E-state index is 12.3. The van der Waals surface area contributed by atoms with Gasteiger partial charge in [0, 0.05) is 5.56 Å². The minimum atomic E-state index is -0.513. The van der Waals surface area contributed by atoms with Gasteiger partial charge in [-0.25, -0.2) is 10.4 Å². The van der Waals surface area contributed by atoms with Crippen LogP contribution in [-0.4, -0.2) is 22.3 Å². The van der Waals surface area contributed by atoms with Crippen LogP contribution in [-0.2, 0) is 11.3 Å². The Morgan fingerprint density at radius 3 is 2.61 bits per heavy atom. The van der Waals surface area contributed by atoms with Crippen molar-refractivity contribution in [2.24, 2.45) is 5.10 Å². The first-order valence-corrected chi connectivity index (χ1v) is 10.3. The first-order chi connectivity index (χ1) is 15.2. The van der Waals surface area contributed by atoms with E-state index in [0.29, 0.717) is 24.0 Å². The lowest BCUT2D eigenvalue weighted by atomic mass is 10.1. The van der Waals surface area contributed by atoms with Crippen LogP contribution >= 0.6 is 0 Å². The standard InChI is InChI=1S/C24H23N5O2/c25-14-21-22(19-6-2-1-3-7-19)27-24(28-23(21)30)29-26-15-17-10-12-18(13-11-17)16-31-20-8-4-5-9-20/h1-3,6-7,10-13,15,20H,4-5,8-9,16H2,(H2,27,28,29,30). The molecule has 2 N–H and O–H groups in total. The fraction of sp³-hybridized carbons (Fsp3) is 0.250. The zero-order chi connectivity index (χ0) is 21.5. The van der Waals surface area contributed by atoms with Crippen molar-refractivity contribution in [1.82, 2.24) is 9.97 Å². The molecule has 1 fully saturated rings. The maximum absolute atomic E-state index is 12.3. The summed E-state index contributed by atoms with van der Waals surface area (Å²) < 4.78 is 5.93. The highest BCUT2D eigenvalue weighted by Crippen LogP contribution is 2.22. The topological polar surface area (TPSA) is 103 Å². The van der Waals surface area contributed by atoms with Crippen LogP contribution in [0.25, 0.3) is 11.3 Å². The Balaban J connectivity index is 1.42. The molecule has 1 aliphatic carbocycles. The number of nitrogens with one attached hydrogen (secondary N) is 2. The summed E-state index contributed by atoms with van der Waals surface area (Å²) in [7, 11) is 0.